The molecule has 0 heterocycles. The van der Waals surface area contributed by atoms with Crippen molar-refractivity contribution in [1.82, 2.24) is 0 Å². The van der Waals surface area contributed by atoms with E-state index in [1.54, 1.807) is 0 Å². The summed E-state index contributed by atoms with van der Waals surface area (Å²) in [5, 5.41) is 1.34. The van der Waals surface area contributed by atoms with E-state index >= 15 is 0 Å². The van der Waals surface area contributed by atoms with Crippen LogP contribution in [0.3, 0.4) is 0 Å². The van der Waals surface area contributed by atoms with Crippen LogP contribution >= 0.6 is 8.86 Å². The molecular formula is C7H16NP. The molecule has 1 nitrogen and oxygen atoms in total. The average Bonchev–Trinajstić information content (AvgIpc) is 1.80. The van der Waals surface area contributed by atoms with Gasteiger partial charge in [-0.15, -0.1) is 8.86 Å². The van der Waals surface area contributed by atoms with Crippen molar-refractivity contribution < 1.29 is 0 Å². The van der Waals surface area contributed by atoms with E-state index in [4.69, 9.17) is 5.73 Å². The summed E-state index contributed by atoms with van der Waals surface area (Å²) in [4.78, 5) is 0. The molecule has 0 aromatic heterocycles. The smallest absolute Gasteiger partial charge is 0.00773 e. The second-order valence-electron chi connectivity index (χ2n) is 2.38. The molecule has 9 heavy (non-hydrogen) atoms. The molecule has 0 aliphatic rings. The summed E-state index contributed by atoms with van der Waals surface area (Å²) in [6.45, 7) is 2.93. The van der Waals surface area contributed by atoms with Gasteiger partial charge < -0.3 is 5.73 Å². The van der Waals surface area contributed by atoms with Crippen molar-refractivity contribution in [3.8, 4) is 0 Å². The van der Waals surface area contributed by atoms with E-state index in [0.717, 1.165) is 6.54 Å². The molecule has 2 heteroatoms. The zero-order valence-electron chi connectivity index (χ0n) is 6.11. The van der Waals surface area contributed by atoms with E-state index in [1.807, 2.05) is 0 Å². The molecule has 0 amide bonds. The third kappa shape index (κ3) is 8.13. The number of nitrogens with two attached hydrogens (primary N) is 1. The average molecular weight is 145 g/mol. The predicted molar refractivity (Wildman–Crippen MR) is 46.5 cm³/mol. The minimum atomic E-state index is 0.834. The number of rotatable bonds is 5. The van der Waals surface area contributed by atoms with Gasteiger partial charge >= 0.3 is 0 Å². The molecule has 0 aliphatic heterocycles. The van der Waals surface area contributed by atoms with Gasteiger partial charge in [-0.25, -0.2) is 0 Å². The summed E-state index contributed by atoms with van der Waals surface area (Å²) in [5.41, 5.74) is 5.33. The van der Waals surface area contributed by atoms with Crippen molar-refractivity contribution in [2.24, 2.45) is 5.73 Å². The maximum atomic E-state index is 5.33. The van der Waals surface area contributed by atoms with E-state index < -0.39 is 0 Å². The van der Waals surface area contributed by atoms with Gasteiger partial charge in [-0.3, -0.25) is 0 Å². The van der Waals surface area contributed by atoms with Crippen LogP contribution in [0, 0.1) is 0 Å². The van der Waals surface area contributed by atoms with Crippen molar-refractivity contribution in [3.63, 3.8) is 0 Å². The fourth-order valence-corrected chi connectivity index (χ4v) is 0.888. The Morgan fingerprint density at radius 1 is 1.33 bits per heavy atom. The third-order valence-corrected chi connectivity index (χ3v) is 1.51. The largest absolute Gasteiger partial charge is 0.330 e. The molecule has 54 valence electrons. The molecule has 0 unspecified atom stereocenters. The first kappa shape index (κ1) is 9.13. The lowest BCUT2D eigenvalue weighted by atomic mass is 10.1. The third-order valence-electron chi connectivity index (χ3n) is 1.26. The summed E-state index contributed by atoms with van der Waals surface area (Å²) in [6.07, 6.45) is 4.89. The summed E-state index contributed by atoms with van der Waals surface area (Å²) < 4.78 is 0. The SMILES string of the molecule is CC(=P)CCCCCN. The lowest BCUT2D eigenvalue weighted by Gasteiger charge is -1.96. The highest BCUT2D eigenvalue weighted by molar-refractivity contribution is 7.20. The Hall–Kier alpha value is 0.130. The molecule has 0 saturated carbocycles. The minimum absolute atomic E-state index is 0.834. The molecular weight excluding hydrogens is 129 g/mol. The van der Waals surface area contributed by atoms with Gasteiger partial charge in [0.25, 0.3) is 0 Å². The highest BCUT2D eigenvalue weighted by atomic mass is 31.0. The molecule has 0 aromatic rings. The number of hydrogen-bond donors (Lipinski definition) is 1. The highest BCUT2D eigenvalue weighted by Crippen LogP contribution is 2.00. The second-order valence-corrected chi connectivity index (χ2v) is 3.23. The minimum Gasteiger partial charge on any atom is -0.330 e. The van der Waals surface area contributed by atoms with E-state index in [-0.39, 0.29) is 0 Å². The number of hydrogen-bond acceptors (Lipinski definition) is 1. The molecule has 0 fully saturated rings. The Kier molecular flexibility index (Phi) is 6.34. The quantitative estimate of drug-likeness (QED) is 0.463. The first-order valence-corrected chi connectivity index (χ1v) is 4.01. The molecule has 0 aromatic carbocycles. The molecule has 2 N–H and O–H groups in total. The normalized spacial score (nSPS) is 9.56. The van der Waals surface area contributed by atoms with E-state index in [2.05, 4.69) is 15.8 Å². The Balaban J connectivity index is 2.83. The van der Waals surface area contributed by atoms with Crippen molar-refractivity contribution in [2.75, 3.05) is 6.54 Å². The summed E-state index contributed by atoms with van der Waals surface area (Å²) in [7, 11) is 3.46. The highest BCUT2D eigenvalue weighted by Gasteiger charge is 1.87. The zero-order chi connectivity index (χ0) is 7.11. The monoisotopic (exact) mass is 145 g/mol. The topological polar surface area (TPSA) is 26.0 Å². The number of unbranched alkanes of at least 4 members (excludes halogenated alkanes) is 2. The van der Waals surface area contributed by atoms with Crippen LogP contribution in [0.15, 0.2) is 0 Å². The fraction of sp³-hybridized carbons (Fsp3) is 0.857. The standard InChI is InChI=1S/C7H16NP/c1-7(9)5-3-2-4-6-8/h9H,2-6,8H2,1H3. The van der Waals surface area contributed by atoms with Gasteiger partial charge in [0, 0.05) is 0 Å². The van der Waals surface area contributed by atoms with Crippen LogP contribution in [0.4, 0.5) is 0 Å². The second kappa shape index (κ2) is 6.25. The fourth-order valence-electron chi connectivity index (χ4n) is 0.711. The van der Waals surface area contributed by atoms with Crippen molar-refractivity contribution in [3.05, 3.63) is 0 Å². The molecule has 0 saturated heterocycles. The van der Waals surface area contributed by atoms with E-state index in [0.29, 0.717) is 0 Å². The molecule has 0 bridgehead atoms. The lowest BCUT2D eigenvalue weighted by Crippen LogP contribution is -1.98. The maximum Gasteiger partial charge on any atom is -0.00773 e. The van der Waals surface area contributed by atoms with Gasteiger partial charge in [-0.2, -0.15) is 0 Å². The summed E-state index contributed by atoms with van der Waals surface area (Å²) in [6, 6.07) is 0. The van der Waals surface area contributed by atoms with E-state index in [1.165, 1.54) is 31.0 Å². The lowest BCUT2D eigenvalue weighted by molar-refractivity contribution is 0.706. The Morgan fingerprint density at radius 2 is 2.00 bits per heavy atom. The van der Waals surface area contributed by atoms with Crippen LogP contribution < -0.4 is 5.73 Å². The van der Waals surface area contributed by atoms with Crippen LogP contribution in [-0.4, -0.2) is 11.8 Å². The first-order valence-electron chi connectivity index (χ1n) is 3.51. The molecule has 0 radical (unpaired) electrons. The zero-order valence-corrected chi connectivity index (χ0v) is 7.11. The van der Waals surface area contributed by atoms with Gasteiger partial charge in [0.1, 0.15) is 0 Å². The predicted octanol–water partition coefficient (Wildman–Crippen LogP) is 1.84. The van der Waals surface area contributed by atoms with Gasteiger partial charge in [-0.05, 0) is 32.7 Å². The van der Waals surface area contributed by atoms with Crippen molar-refractivity contribution >= 4 is 14.2 Å². The van der Waals surface area contributed by atoms with Crippen LogP contribution in [0.5, 0.6) is 0 Å². The first-order chi connectivity index (χ1) is 4.27. The Morgan fingerprint density at radius 3 is 2.44 bits per heavy atom. The van der Waals surface area contributed by atoms with Crippen LogP contribution in [0.25, 0.3) is 0 Å². The Bertz CT molecular complexity index is 81.0. The molecule has 0 rings (SSSR count). The van der Waals surface area contributed by atoms with Gasteiger partial charge in [0.15, 0.2) is 0 Å². The van der Waals surface area contributed by atoms with Crippen molar-refractivity contribution in [2.45, 2.75) is 32.6 Å². The van der Waals surface area contributed by atoms with Crippen LogP contribution in [0.1, 0.15) is 32.6 Å². The molecule has 0 aliphatic carbocycles. The summed E-state index contributed by atoms with van der Waals surface area (Å²) in [5.74, 6) is 0. The van der Waals surface area contributed by atoms with Crippen LogP contribution in [0.2, 0.25) is 0 Å². The molecule has 0 atom stereocenters. The van der Waals surface area contributed by atoms with E-state index in [9.17, 15) is 0 Å². The maximum absolute atomic E-state index is 5.33. The van der Waals surface area contributed by atoms with Gasteiger partial charge in [0.2, 0.25) is 0 Å². The van der Waals surface area contributed by atoms with Crippen LogP contribution in [-0.2, 0) is 0 Å². The van der Waals surface area contributed by atoms with Crippen molar-refractivity contribution in [1.29, 1.82) is 0 Å². The Labute approximate surface area is 59.9 Å². The summed E-state index contributed by atoms with van der Waals surface area (Å²) >= 11 is 0. The van der Waals surface area contributed by atoms with Gasteiger partial charge in [0.05, 0.1) is 0 Å². The molecule has 0 spiro atoms. The van der Waals surface area contributed by atoms with Gasteiger partial charge in [-0.1, -0.05) is 11.7 Å².